The fourth-order valence-electron chi connectivity index (χ4n) is 4.13. The minimum atomic E-state index is -1.26. The van der Waals surface area contributed by atoms with Crippen LogP contribution in [0.5, 0.6) is 0 Å². The Labute approximate surface area is 189 Å². The molecule has 1 fully saturated rings. The minimum Gasteiger partial charge on any atom is -0.478 e. The third-order valence-electron chi connectivity index (χ3n) is 5.87. The highest BCUT2D eigenvalue weighted by molar-refractivity contribution is 5.89. The van der Waals surface area contributed by atoms with Crippen molar-refractivity contribution in [1.82, 2.24) is 5.32 Å². The van der Waals surface area contributed by atoms with E-state index < -0.39 is 17.5 Å². The lowest BCUT2D eigenvalue weighted by Gasteiger charge is -2.36. The van der Waals surface area contributed by atoms with Gasteiger partial charge in [0.15, 0.2) is 0 Å². The summed E-state index contributed by atoms with van der Waals surface area (Å²) in [5.41, 5.74) is 0.961. The summed E-state index contributed by atoms with van der Waals surface area (Å²) in [5.74, 6) is -1.61. The third-order valence-corrected chi connectivity index (χ3v) is 5.87. The van der Waals surface area contributed by atoms with E-state index in [1.165, 1.54) is 25.7 Å². The molecule has 2 aromatic rings. The van der Waals surface area contributed by atoms with Crippen LogP contribution in [0.25, 0.3) is 0 Å². The molecule has 0 aliphatic heterocycles. The van der Waals surface area contributed by atoms with E-state index in [0.29, 0.717) is 12.2 Å². The van der Waals surface area contributed by atoms with Crippen molar-refractivity contribution < 1.29 is 24.9 Å². The number of nitrogens with one attached hydrogen (secondary N) is 1. The summed E-state index contributed by atoms with van der Waals surface area (Å²) < 4.78 is 0. The van der Waals surface area contributed by atoms with Crippen LogP contribution in [0.2, 0.25) is 0 Å². The summed E-state index contributed by atoms with van der Waals surface area (Å²) in [5, 5.41) is 30.9. The van der Waals surface area contributed by atoms with Gasteiger partial charge in [0.05, 0.1) is 0 Å². The number of aliphatic carboxylic acids is 2. The number of carbonyl (C=O) groups is 2. The van der Waals surface area contributed by atoms with Crippen LogP contribution in [0.4, 0.5) is 0 Å². The van der Waals surface area contributed by atoms with Gasteiger partial charge in [0.1, 0.15) is 5.60 Å². The Hall–Kier alpha value is -2.96. The molecule has 0 bridgehead atoms. The molecule has 0 amide bonds. The van der Waals surface area contributed by atoms with Crippen molar-refractivity contribution in [3.8, 4) is 0 Å². The van der Waals surface area contributed by atoms with Crippen LogP contribution in [-0.4, -0.2) is 40.3 Å². The van der Waals surface area contributed by atoms with Crippen LogP contribution in [0, 0.1) is 11.8 Å². The molecule has 1 unspecified atom stereocenters. The van der Waals surface area contributed by atoms with Crippen molar-refractivity contribution >= 4 is 11.9 Å². The first-order valence-corrected chi connectivity index (χ1v) is 11.0. The lowest BCUT2D eigenvalue weighted by Crippen LogP contribution is -2.41. The van der Waals surface area contributed by atoms with Gasteiger partial charge in [-0.25, -0.2) is 9.59 Å². The quantitative estimate of drug-likeness (QED) is 0.439. The van der Waals surface area contributed by atoms with Crippen LogP contribution in [0.1, 0.15) is 43.7 Å². The molecule has 1 aliphatic rings. The maximum absolute atomic E-state index is 11.7. The fraction of sp³-hybridized carbons (Fsp3) is 0.385. The number of rotatable bonds is 9. The molecule has 6 nitrogen and oxygen atoms in total. The van der Waals surface area contributed by atoms with Gasteiger partial charge in [0.2, 0.25) is 0 Å². The zero-order chi connectivity index (χ0) is 23.4. The molecule has 0 heterocycles. The highest BCUT2D eigenvalue weighted by Crippen LogP contribution is 2.36. The van der Waals surface area contributed by atoms with Crippen LogP contribution in [-0.2, 0) is 15.2 Å². The lowest BCUT2D eigenvalue weighted by molar-refractivity contribution is -0.134. The van der Waals surface area contributed by atoms with Crippen LogP contribution in [0.3, 0.4) is 0 Å². The zero-order valence-corrected chi connectivity index (χ0v) is 18.5. The molecule has 0 aromatic heterocycles. The summed E-state index contributed by atoms with van der Waals surface area (Å²) in [6.45, 7) is 4.03. The molecular formula is C26H33NO5. The van der Waals surface area contributed by atoms with Crippen molar-refractivity contribution in [2.24, 2.45) is 11.8 Å². The predicted octanol–water partition coefficient (Wildman–Crippen LogP) is 4.05. The van der Waals surface area contributed by atoms with Gasteiger partial charge in [-0.1, -0.05) is 80.4 Å². The number of carboxylic acids is 2. The summed E-state index contributed by atoms with van der Waals surface area (Å²) in [6, 6.07) is 20.1. The monoisotopic (exact) mass is 439 g/mol. The van der Waals surface area contributed by atoms with E-state index in [9.17, 15) is 14.7 Å². The van der Waals surface area contributed by atoms with Crippen LogP contribution in [0.15, 0.2) is 72.8 Å². The van der Waals surface area contributed by atoms with Gasteiger partial charge in [-0.3, -0.25) is 0 Å². The second kappa shape index (κ2) is 12.8. The van der Waals surface area contributed by atoms with E-state index >= 15 is 0 Å². The van der Waals surface area contributed by atoms with Gasteiger partial charge >= 0.3 is 11.9 Å². The van der Waals surface area contributed by atoms with Gasteiger partial charge in [-0.2, -0.15) is 0 Å². The third kappa shape index (κ3) is 7.62. The van der Waals surface area contributed by atoms with Crippen molar-refractivity contribution in [3.63, 3.8) is 0 Å². The molecule has 32 heavy (non-hydrogen) atoms. The maximum atomic E-state index is 11.7. The highest BCUT2D eigenvalue weighted by atomic mass is 16.4. The zero-order valence-electron chi connectivity index (χ0n) is 18.5. The number of hydrogen-bond acceptors (Lipinski definition) is 4. The van der Waals surface area contributed by atoms with Gasteiger partial charge in [-0.15, -0.1) is 0 Å². The fourth-order valence-corrected chi connectivity index (χ4v) is 4.13. The molecule has 1 aliphatic carbocycles. The summed E-state index contributed by atoms with van der Waals surface area (Å²) in [6.07, 6.45) is 6.57. The SMILES string of the molecule is CC(CNCC1CCCC1)C(O)(c1ccccc1)c1ccccc1.O=C(O)C=CC(=O)O. The molecule has 6 heteroatoms. The molecule has 2 aromatic carbocycles. The number of aliphatic hydroxyl groups is 1. The minimum absolute atomic E-state index is 0.0868. The van der Waals surface area contributed by atoms with Gasteiger partial charge in [0.25, 0.3) is 0 Å². The van der Waals surface area contributed by atoms with E-state index in [1.807, 2.05) is 60.7 Å². The Morgan fingerprint density at radius 2 is 1.38 bits per heavy atom. The Morgan fingerprint density at radius 3 is 1.78 bits per heavy atom. The van der Waals surface area contributed by atoms with Gasteiger partial charge < -0.3 is 20.6 Å². The average Bonchev–Trinajstić information content (AvgIpc) is 3.32. The highest BCUT2D eigenvalue weighted by Gasteiger charge is 2.37. The normalized spacial score (nSPS) is 15.2. The van der Waals surface area contributed by atoms with Crippen molar-refractivity contribution in [1.29, 1.82) is 0 Å². The van der Waals surface area contributed by atoms with Crippen LogP contribution < -0.4 is 5.32 Å². The first-order chi connectivity index (χ1) is 15.3. The number of hydrogen-bond donors (Lipinski definition) is 4. The van der Waals surface area contributed by atoms with E-state index in [0.717, 1.165) is 30.1 Å². The van der Waals surface area contributed by atoms with Crippen molar-refractivity contribution in [2.45, 2.75) is 38.2 Å². The standard InChI is InChI=1S/C22H29NO.C4H4O4/c1-18(16-23-17-19-10-8-9-11-19)22(24,20-12-4-2-5-13-20)21-14-6-3-7-15-21;5-3(6)1-2-4(7)8/h2-7,12-15,18-19,23-24H,8-11,16-17H2,1H3;1-2H,(H,5,6)(H,7,8). The van der Waals surface area contributed by atoms with E-state index in [4.69, 9.17) is 10.2 Å². The summed E-state index contributed by atoms with van der Waals surface area (Å²) >= 11 is 0. The smallest absolute Gasteiger partial charge is 0.328 e. The Balaban J connectivity index is 0.000000390. The van der Waals surface area contributed by atoms with E-state index in [-0.39, 0.29) is 5.92 Å². The largest absolute Gasteiger partial charge is 0.478 e. The molecule has 4 N–H and O–H groups in total. The first kappa shape index (κ1) is 25.3. The Morgan fingerprint density at radius 1 is 0.938 bits per heavy atom. The van der Waals surface area contributed by atoms with E-state index in [2.05, 4.69) is 12.2 Å². The van der Waals surface area contributed by atoms with Crippen LogP contribution >= 0.6 is 0 Å². The van der Waals surface area contributed by atoms with Crippen molar-refractivity contribution in [3.05, 3.63) is 83.9 Å². The van der Waals surface area contributed by atoms with E-state index in [1.54, 1.807) is 0 Å². The van der Waals surface area contributed by atoms with Crippen molar-refractivity contribution in [2.75, 3.05) is 13.1 Å². The first-order valence-electron chi connectivity index (χ1n) is 11.0. The average molecular weight is 440 g/mol. The molecule has 0 radical (unpaired) electrons. The second-order valence-corrected chi connectivity index (χ2v) is 8.22. The Bertz CT molecular complexity index is 805. The lowest BCUT2D eigenvalue weighted by atomic mass is 9.77. The molecule has 1 saturated carbocycles. The molecule has 1 atom stereocenters. The second-order valence-electron chi connectivity index (χ2n) is 8.22. The number of carboxylic acid groups (broad SMARTS) is 2. The predicted molar refractivity (Wildman–Crippen MR) is 124 cm³/mol. The Kier molecular flexibility index (Phi) is 10.1. The molecular weight excluding hydrogens is 406 g/mol. The molecule has 172 valence electrons. The van der Waals surface area contributed by atoms with Gasteiger partial charge in [-0.05, 0) is 36.4 Å². The molecule has 0 spiro atoms. The topological polar surface area (TPSA) is 107 Å². The summed E-state index contributed by atoms with van der Waals surface area (Å²) in [4.78, 5) is 19.1. The molecule has 3 rings (SSSR count). The van der Waals surface area contributed by atoms with Gasteiger partial charge in [0, 0.05) is 24.6 Å². The summed E-state index contributed by atoms with van der Waals surface area (Å²) in [7, 11) is 0. The number of benzene rings is 2. The maximum Gasteiger partial charge on any atom is 0.328 e. The molecule has 0 saturated heterocycles.